The largest absolute Gasteiger partial charge is 0.324 e. The first-order chi connectivity index (χ1) is 6.76. The summed E-state index contributed by atoms with van der Waals surface area (Å²) in [5.74, 6) is 0. The second kappa shape index (κ2) is 4.19. The minimum Gasteiger partial charge on any atom is -0.324 e. The quantitative estimate of drug-likeness (QED) is 0.746. The van der Waals surface area contributed by atoms with Crippen molar-refractivity contribution in [3.8, 4) is 0 Å². The molecule has 2 rings (SSSR count). The Labute approximate surface area is 87.8 Å². The van der Waals surface area contributed by atoms with Crippen LogP contribution in [0.5, 0.6) is 0 Å². The molecule has 0 bridgehead atoms. The van der Waals surface area contributed by atoms with Crippen molar-refractivity contribution < 1.29 is 0 Å². The second-order valence-electron chi connectivity index (χ2n) is 5.13. The first-order valence-corrected chi connectivity index (χ1v) is 6.29. The van der Waals surface area contributed by atoms with Gasteiger partial charge in [0.15, 0.2) is 0 Å². The number of nitrogens with zero attached hydrogens (tertiary/aromatic N) is 1. The molecular weight excluding hydrogens is 172 g/mol. The van der Waals surface area contributed by atoms with E-state index in [4.69, 9.17) is 5.73 Å². The predicted molar refractivity (Wildman–Crippen MR) is 60.3 cm³/mol. The van der Waals surface area contributed by atoms with Gasteiger partial charge in [-0.25, -0.2) is 0 Å². The normalized spacial score (nSPS) is 28.7. The first-order valence-electron chi connectivity index (χ1n) is 6.29. The van der Waals surface area contributed by atoms with E-state index in [1.165, 1.54) is 58.0 Å². The van der Waals surface area contributed by atoms with Gasteiger partial charge in [-0.3, -0.25) is 4.90 Å². The van der Waals surface area contributed by atoms with Crippen LogP contribution in [0.25, 0.3) is 0 Å². The van der Waals surface area contributed by atoms with E-state index in [0.29, 0.717) is 6.04 Å². The highest BCUT2D eigenvalue weighted by Gasteiger charge is 2.47. The highest BCUT2D eigenvalue weighted by atomic mass is 15.2. The standard InChI is InChI=1S/C12H24N2/c1-2-6-11(12(13)7-8-12)14-9-4-3-5-10-14/h11H,2-10,13H2,1H3. The Kier molecular flexibility index (Phi) is 3.13. The van der Waals surface area contributed by atoms with Crippen LogP contribution in [0.3, 0.4) is 0 Å². The highest BCUT2D eigenvalue weighted by molar-refractivity contribution is 5.08. The maximum Gasteiger partial charge on any atom is 0.0313 e. The number of piperidine rings is 1. The van der Waals surface area contributed by atoms with Crippen LogP contribution in [-0.4, -0.2) is 29.6 Å². The summed E-state index contributed by atoms with van der Waals surface area (Å²) in [7, 11) is 0. The maximum atomic E-state index is 6.37. The molecule has 1 heterocycles. The molecule has 0 radical (unpaired) electrons. The van der Waals surface area contributed by atoms with E-state index in [9.17, 15) is 0 Å². The lowest BCUT2D eigenvalue weighted by Gasteiger charge is -2.38. The van der Waals surface area contributed by atoms with Gasteiger partial charge in [-0.05, 0) is 45.2 Å². The Hall–Kier alpha value is -0.0800. The van der Waals surface area contributed by atoms with Crippen LogP contribution in [-0.2, 0) is 0 Å². The molecule has 14 heavy (non-hydrogen) atoms. The van der Waals surface area contributed by atoms with Crippen LogP contribution in [0.15, 0.2) is 0 Å². The summed E-state index contributed by atoms with van der Waals surface area (Å²) < 4.78 is 0. The molecule has 1 aliphatic carbocycles. The molecular formula is C12H24N2. The van der Waals surface area contributed by atoms with Gasteiger partial charge in [-0.2, -0.15) is 0 Å². The Morgan fingerprint density at radius 2 is 1.86 bits per heavy atom. The van der Waals surface area contributed by atoms with Crippen molar-refractivity contribution in [1.29, 1.82) is 0 Å². The lowest BCUT2D eigenvalue weighted by molar-refractivity contribution is 0.126. The lowest BCUT2D eigenvalue weighted by Crippen LogP contribution is -2.51. The van der Waals surface area contributed by atoms with Gasteiger partial charge in [0.05, 0.1) is 0 Å². The Balaban J connectivity index is 1.94. The molecule has 2 aliphatic rings. The van der Waals surface area contributed by atoms with Crippen LogP contribution < -0.4 is 5.73 Å². The van der Waals surface area contributed by atoms with Crippen molar-refractivity contribution in [2.45, 2.75) is 63.5 Å². The molecule has 0 aromatic heterocycles. The van der Waals surface area contributed by atoms with Gasteiger partial charge in [-0.15, -0.1) is 0 Å². The first kappa shape index (κ1) is 10.4. The molecule has 2 heteroatoms. The molecule has 0 amide bonds. The highest BCUT2D eigenvalue weighted by Crippen LogP contribution is 2.40. The molecule has 0 aromatic carbocycles. The maximum absolute atomic E-state index is 6.37. The fraction of sp³-hybridized carbons (Fsp3) is 1.00. The van der Waals surface area contributed by atoms with Crippen molar-refractivity contribution in [3.63, 3.8) is 0 Å². The van der Waals surface area contributed by atoms with Gasteiger partial charge in [-0.1, -0.05) is 19.8 Å². The molecule has 1 saturated heterocycles. The molecule has 82 valence electrons. The van der Waals surface area contributed by atoms with Crippen LogP contribution >= 0.6 is 0 Å². The van der Waals surface area contributed by atoms with Gasteiger partial charge in [0.2, 0.25) is 0 Å². The molecule has 1 unspecified atom stereocenters. The monoisotopic (exact) mass is 196 g/mol. The van der Waals surface area contributed by atoms with E-state index in [0.717, 1.165) is 0 Å². The van der Waals surface area contributed by atoms with Crippen LogP contribution in [0, 0.1) is 0 Å². The zero-order chi connectivity index (χ0) is 10.0. The molecule has 0 spiro atoms. The SMILES string of the molecule is CCCC(N1CCCCC1)C1(N)CC1. The van der Waals surface area contributed by atoms with Crippen molar-refractivity contribution in [1.82, 2.24) is 4.90 Å². The van der Waals surface area contributed by atoms with Gasteiger partial charge >= 0.3 is 0 Å². The van der Waals surface area contributed by atoms with E-state index in [1.54, 1.807) is 0 Å². The number of likely N-dealkylation sites (tertiary alicyclic amines) is 1. The van der Waals surface area contributed by atoms with E-state index < -0.39 is 0 Å². The van der Waals surface area contributed by atoms with Gasteiger partial charge in [0.25, 0.3) is 0 Å². The average Bonchev–Trinajstić information content (AvgIpc) is 2.95. The third kappa shape index (κ3) is 2.12. The van der Waals surface area contributed by atoms with Gasteiger partial charge < -0.3 is 5.73 Å². The van der Waals surface area contributed by atoms with Crippen molar-refractivity contribution in [3.05, 3.63) is 0 Å². The Morgan fingerprint density at radius 3 is 2.36 bits per heavy atom. The zero-order valence-corrected chi connectivity index (χ0v) is 9.47. The fourth-order valence-electron chi connectivity index (χ4n) is 2.81. The van der Waals surface area contributed by atoms with Crippen LogP contribution in [0.4, 0.5) is 0 Å². The van der Waals surface area contributed by atoms with Crippen molar-refractivity contribution in [2.75, 3.05) is 13.1 Å². The summed E-state index contributed by atoms with van der Waals surface area (Å²) in [4.78, 5) is 2.67. The number of rotatable bonds is 4. The summed E-state index contributed by atoms with van der Waals surface area (Å²) in [6.07, 6.45) is 9.29. The summed E-state index contributed by atoms with van der Waals surface area (Å²) in [5, 5.41) is 0. The molecule has 1 atom stereocenters. The van der Waals surface area contributed by atoms with Crippen molar-refractivity contribution >= 4 is 0 Å². The van der Waals surface area contributed by atoms with Gasteiger partial charge in [0, 0.05) is 11.6 Å². The third-order valence-electron chi connectivity index (χ3n) is 3.88. The van der Waals surface area contributed by atoms with E-state index in [2.05, 4.69) is 11.8 Å². The van der Waals surface area contributed by atoms with Crippen LogP contribution in [0.1, 0.15) is 51.9 Å². The summed E-state index contributed by atoms with van der Waals surface area (Å²) in [6.45, 7) is 4.87. The average molecular weight is 196 g/mol. The number of hydrogen-bond acceptors (Lipinski definition) is 2. The number of nitrogens with two attached hydrogens (primary N) is 1. The predicted octanol–water partition coefficient (Wildman–Crippen LogP) is 2.13. The molecule has 2 nitrogen and oxygen atoms in total. The third-order valence-corrected chi connectivity index (χ3v) is 3.88. The van der Waals surface area contributed by atoms with Crippen LogP contribution in [0.2, 0.25) is 0 Å². The van der Waals surface area contributed by atoms with Gasteiger partial charge in [0.1, 0.15) is 0 Å². The molecule has 0 aromatic rings. The molecule has 2 fully saturated rings. The number of hydrogen-bond donors (Lipinski definition) is 1. The second-order valence-corrected chi connectivity index (χ2v) is 5.13. The molecule has 2 N–H and O–H groups in total. The molecule has 1 aliphatic heterocycles. The van der Waals surface area contributed by atoms with E-state index in [1.807, 2.05) is 0 Å². The topological polar surface area (TPSA) is 29.3 Å². The lowest BCUT2D eigenvalue weighted by atomic mass is 9.97. The minimum atomic E-state index is 0.202. The summed E-state index contributed by atoms with van der Waals surface area (Å²) in [6, 6.07) is 0.688. The van der Waals surface area contributed by atoms with E-state index in [-0.39, 0.29) is 5.54 Å². The summed E-state index contributed by atoms with van der Waals surface area (Å²) in [5.41, 5.74) is 6.57. The summed E-state index contributed by atoms with van der Waals surface area (Å²) >= 11 is 0. The Bertz CT molecular complexity index is 181. The Morgan fingerprint density at radius 1 is 1.21 bits per heavy atom. The molecule has 1 saturated carbocycles. The fourth-order valence-corrected chi connectivity index (χ4v) is 2.81. The smallest absolute Gasteiger partial charge is 0.0313 e. The van der Waals surface area contributed by atoms with Crippen molar-refractivity contribution in [2.24, 2.45) is 5.73 Å². The van der Waals surface area contributed by atoms with E-state index >= 15 is 0 Å². The zero-order valence-electron chi connectivity index (χ0n) is 9.47. The minimum absolute atomic E-state index is 0.202.